The number of ether oxygens (including phenoxy) is 1. The molecule has 0 aromatic carbocycles. The highest BCUT2D eigenvalue weighted by atomic mass is 16.6. The Morgan fingerprint density at radius 2 is 2.10 bits per heavy atom. The molecule has 1 unspecified atom stereocenters. The Labute approximate surface area is 122 Å². The lowest BCUT2D eigenvalue weighted by molar-refractivity contribution is -0.155. The molecule has 0 radical (unpaired) electrons. The van der Waals surface area contributed by atoms with Gasteiger partial charge >= 0.3 is 5.97 Å². The van der Waals surface area contributed by atoms with E-state index in [4.69, 9.17) is 4.74 Å². The van der Waals surface area contributed by atoms with Gasteiger partial charge in [0.05, 0.1) is 0 Å². The van der Waals surface area contributed by atoms with Crippen LogP contribution in [0, 0.1) is 5.92 Å². The Kier molecular flexibility index (Phi) is 6.44. The van der Waals surface area contributed by atoms with Gasteiger partial charge in [-0.3, -0.25) is 9.59 Å². The summed E-state index contributed by atoms with van der Waals surface area (Å²) in [5.74, 6) is 0.487. The lowest BCUT2D eigenvalue weighted by Crippen LogP contribution is -2.24. The van der Waals surface area contributed by atoms with Crippen molar-refractivity contribution >= 4 is 11.8 Å². The van der Waals surface area contributed by atoms with Crippen molar-refractivity contribution in [2.24, 2.45) is 5.92 Å². The zero-order valence-corrected chi connectivity index (χ0v) is 13.3. The minimum absolute atomic E-state index is 0.135. The molecule has 20 heavy (non-hydrogen) atoms. The van der Waals surface area contributed by atoms with Gasteiger partial charge < -0.3 is 4.74 Å². The van der Waals surface area contributed by atoms with Crippen molar-refractivity contribution in [3.8, 4) is 0 Å². The average Bonchev–Trinajstić information content (AvgIpc) is 2.33. The minimum atomic E-state index is -0.416. The topological polar surface area (TPSA) is 43.4 Å². The summed E-state index contributed by atoms with van der Waals surface area (Å²) in [5, 5.41) is 0. The van der Waals surface area contributed by atoms with Crippen molar-refractivity contribution in [3.63, 3.8) is 0 Å². The third-order valence-corrected chi connectivity index (χ3v) is 3.55. The van der Waals surface area contributed by atoms with Gasteiger partial charge in [-0.15, -0.1) is 0 Å². The van der Waals surface area contributed by atoms with Gasteiger partial charge in [0.15, 0.2) is 5.78 Å². The van der Waals surface area contributed by atoms with Crippen LogP contribution in [0.2, 0.25) is 0 Å². The standard InChI is InChI=1S/C17H28O3/c1-5-6-7-14-12-15(18)10-8-13(14)9-11-16(19)20-17(2,3)4/h12-13H,5-11H2,1-4H3. The molecule has 0 N–H and O–H groups in total. The minimum Gasteiger partial charge on any atom is -0.460 e. The fourth-order valence-electron chi connectivity index (χ4n) is 2.57. The van der Waals surface area contributed by atoms with E-state index in [-0.39, 0.29) is 11.8 Å². The molecule has 0 spiro atoms. The van der Waals surface area contributed by atoms with Crippen molar-refractivity contribution in [1.29, 1.82) is 0 Å². The number of unbranched alkanes of at least 4 members (excludes halogenated alkanes) is 1. The van der Waals surface area contributed by atoms with Crippen LogP contribution >= 0.6 is 0 Å². The summed E-state index contributed by atoms with van der Waals surface area (Å²) in [6.07, 6.45) is 7.80. The van der Waals surface area contributed by atoms with Crippen LogP contribution in [0.1, 0.15) is 72.6 Å². The number of carbonyl (C=O) groups excluding carboxylic acids is 2. The molecule has 3 heteroatoms. The van der Waals surface area contributed by atoms with E-state index < -0.39 is 5.60 Å². The smallest absolute Gasteiger partial charge is 0.306 e. The van der Waals surface area contributed by atoms with Crippen LogP contribution in [-0.4, -0.2) is 17.4 Å². The van der Waals surface area contributed by atoms with E-state index in [1.807, 2.05) is 26.8 Å². The molecule has 0 aromatic rings. The highest BCUT2D eigenvalue weighted by Crippen LogP contribution is 2.31. The number of esters is 1. The second kappa shape index (κ2) is 7.61. The molecule has 1 rings (SSSR count). The number of ketones is 1. The lowest BCUT2D eigenvalue weighted by atomic mass is 9.82. The molecule has 1 aliphatic carbocycles. The summed E-state index contributed by atoms with van der Waals surface area (Å²) in [7, 11) is 0. The van der Waals surface area contributed by atoms with E-state index in [1.165, 1.54) is 5.57 Å². The molecule has 1 atom stereocenters. The third kappa shape index (κ3) is 6.36. The van der Waals surface area contributed by atoms with E-state index in [0.717, 1.165) is 32.1 Å². The Bertz CT molecular complexity index is 374. The molecule has 0 fully saturated rings. The molecule has 1 aliphatic rings. The first kappa shape index (κ1) is 16.9. The predicted molar refractivity (Wildman–Crippen MR) is 80.4 cm³/mol. The Hall–Kier alpha value is -1.12. The SMILES string of the molecule is CCCCC1=CC(=O)CCC1CCC(=O)OC(C)(C)C. The van der Waals surface area contributed by atoms with Crippen LogP contribution in [0.25, 0.3) is 0 Å². The van der Waals surface area contributed by atoms with Crippen LogP contribution in [0.3, 0.4) is 0 Å². The molecule has 0 aromatic heterocycles. The van der Waals surface area contributed by atoms with Crippen molar-refractivity contribution in [3.05, 3.63) is 11.6 Å². The van der Waals surface area contributed by atoms with E-state index in [9.17, 15) is 9.59 Å². The number of carbonyl (C=O) groups is 2. The molecule has 0 heterocycles. The van der Waals surface area contributed by atoms with Crippen molar-refractivity contribution in [1.82, 2.24) is 0 Å². The second-order valence-corrected chi connectivity index (χ2v) is 6.65. The third-order valence-electron chi connectivity index (χ3n) is 3.55. The lowest BCUT2D eigenvalue weighted by Gasteiger charge is -2.25. The first-order chi connectivity index (χ1) is 9.31. The number of hydrogen-bond donors (Lipinski definition) is 0. The molecule has 0 saturated heterocycles. The van der Waals surface area contributed by atoms with E-state index in [2.05, 4.69) is 6.92 Å². The van der Waals surface area contributed by atoms with Gasteiger partial charge in [0.2, 0.25) is 0 Å². The van der Waals surface area contributed by atoms with Crippen LogP contribution in [0.15, 0.2) is 11.6 Å². The van der Waals surface area contributed by atoms with Gasteiger partial charge in [0, 0.05) is 12.8 Å². The molecule has 0 bridgehead atoms. The molecular formula is C17H28O3. The monoisotopic (exact) mass is 280 g/mol. The maximum absolute atomic E-state index is 11.8. The summed E-state index contributed by atoms with van der Waals surface area (Å²) in [4.78, 5) is 23.3. The first-order valence-electron chi connectivity index (χ1n) is 7.77. The van der Waals surface area contributed by atoms with Gasteiger partial charge in [0.1, 0.15) is 5.60 Å². The van der Waals surface area contributed by atoms with Gasteiger partial charge in [-0.2, -0.15) is 0 Å². The molecular weight excluding hydrogens is 252 g/mol. The molecule has 114 valence electrons. The summed E-state index contributed by atoms with van der Waals surface area (Å²) >= 11 is 0. The van der Waals surface area contributed by atoms with Crippen molar-refractivity contribution in [2.75, 3.05) is 0 Å². The number of allylic oxidation sites excluding steroid dienone is 2. The van der Waals surface area contributed by atoms with Crippen LogP contribution in [0.5, 0.6) is 0 Å². The summed E-state index contributed by atoms with van der Waals surface area (Å²) in [5.41, 5.74) is 0.826. The second-order valence-electron chi connectivity index (χ2n) is 6.65. The highest BCUT2D eigenvalue weighted by Gasteiger charge is 2.23. The Balaban J connectivity index is 2.50. The van der Waals surface area contributed by atoms with Gasteiger partial charge in [-0.25, -0.2) is 0 Å². The van der Waals surface area contributed by atoms with Crippen LogP contribution in [0.4, 0.5) is 0 Å². The number of rotatable bonds is 6. The molecule has 0 saturated carbocycles. The molecule has 3 nitrogen and oxygen atoms in total. The summed E-state index contributed by atoms with van der Waals surface area (Å²) in [6, 6.07) is 0. The quantitative estimate of drug-likeness (QED) is 0.685. The highest BCUT2D eigenvalue weighted by molar-refractivity contribution is 5.91. The fourth-order valence-corrected chi connectivity index (χ4v) is 2.57. The largest absolute Gasteiger partial charge is 0.460 e. The van der Waals surface area contributed by atoms with Crippen molar-refractivity contribution < 1.29 is 14.3 Å². The Morgan fingerprint density at radius 3 is 2.70 bits per heavy atom. The normalized spacial score (nSPS) is 19.7. The van der Waals surface area contributed by atoms with E-state index in [1.54, 1.807) is 0 Å². The van der Waals surface area contributed by atoms with E-state index in [0.29, 0.717) is 18.8 Å². The van der Waals surface area contributed by atoms with Crippen LogP contribution < -0.4 is 0 Å². The first-order valence-corrected chi connectivity index (χ1v) is 7.77. The number of hydrogen-bond acceptors (Lipinski definition) is 3. The zero-order valence-electron chi connectivity index (χ0n) is 13.3. The summed E-state index contributed by atoms with van der Waals surface area (Å²) in [6.45, 7) is 7.81. The maximum atomic E-state index is 11.8. The maximum Gasteiger partial charge on any atom is 0.306 e. The van der Waals surface area contributed by atoms with Gasteiger partial charge in [-0.05, 0) is 58.4 Å². The zero-order chi connectivity index (χ0) is 15.2. The average molecular weight is 280 g/mol. The van der Waals surface area contributed by atoms with Crippen LogP contribution in [-0.2, 0) is 14.3 Å². The Morgan fingerprint density at radius 1 is 1.40 bits per heavy atom. The van der Waals surface area contributed by atoms with E-state index >= 15 is 0 Å². The molecule has 0 amide bonds. The molecule has 0 aliphatic heterocycles. The predicted octanol–water partition coefficient (Wildman–Crippen LogP) is 4.20. The van der Waals surface area contributed by atoms with Crippen molar-refractivity contribution in [2.45, 2.75) is 78.2 Å². The fraction of sp³-hybridized carbons (Fsp3) is 0.765. The van der Waals surface area contributed by atoms with Gasteiger partial charge in [-0.1, -0.05) is 18.9 Å². The van der Waals surface area contributed by atoms with Gasteiger partial charge in [0.25, 0.3) is 0 Å². The summed E-state index contributed by atoms with van der Waals surface area (Å²) < 4.78 is 5.34.